The number of sulfonamides is 1. The number of nitrogens with zero attached hydrogens (tertiary/aromatic N) is 2. The lowest BCUT2D eigenvalue weighted by molar-refractivity contribution is 0.0963. The summed E-state index contributed by atoms with van der Waals surface area (Å²) >= 11 is 1.14. The minimum atomic E-state index is -3.67. The van der Waals surface area contributed by atoms with Crippen molar-refractivity contribution in [2.45, 2.75) is 44.6 Å². The molecule has 2 aliphatic heterocycles. The largest absolute Gasteiger partial charge is 0.450 e. The number of carbonyl (C=O) groups is 4. The molecule has 4 rings (SSSR count). The number of anilines is 1. The highest BCUT2D eigenvalue weighted by molar-refractivity contribution is 7.89. The van der Waals surface area contributed by atoms with Crippen LogP contribution in [0.25, 0.3) is 0 Å². The van der Waals surface area contributed by atoms with Gasteiger partial charge in [0.25, 0.3) is 11.8 Å². The van der Waals surface area contributed by atoms with E-state index in [1.54, 1.807) is 6.92 Å². The Morgan fingerprint density at radius 2 is 1.73 bits per heavy atom. The second-order valence-electron chi connectivity index (χ2n) is 9.68. The molecule has 0 bridgehead atoms. The van der Waals surface area contributed by atoms with E-state index in [-0.39, 0.29) is 34.2 Å². The molecule has 1 fully saturated rings. The van der Waals surface area contributed by atoms with Gasteiger partial charge in [-0.2, -0.15) is 4.31 Å². The first-order valence-electron chi connectivity index (χ1n) is 13.1. The molecule has 1 aromatic carbocycles. The van der Waals surface area contributed by atoms with Gasteiger partial charge in [-0.1, -0.05) is 6.92 Å². The van der Waals surface area contributed by atoms with Crippen LogP contribution in [0.3, 0.4) is 0 Å². The quantitative estimate of drug-likeness (QED) is 0.467. The molecule has 0 atom stereocenters. The number of carbonyl (C=O) groups excluding carboxylic acids is 4. The van der Waals surface area contributed by atoms with Crippen molar-refractivity contribution in [2.75, 3.05) is 38.6 Å². The summed E-state index contributed by atoms with van der Waals surface area (Å²) in [6, 6.07) is 4.95. The van der Waals surface area contributed by atoms with Crippen LogP contribution in [0.1, 0.15) is 57.8 Å². The highest BCUT2D eigenvalue weighted by Crippen LogP contribution is 2.37. The highest BCUT2D eigenvalue weighted by Gasteiger charge is 2.32. The molecule has 0 unspecified atom stereocenters. The van der Waals surface area contributed by atoms with Gasteiger partial charge in [-0.3, -0.25) is 14.9 Å². The van der Waals surface area contributed by atoms with E-state index in [2.05, 4.69) is 22.9 Å². The number of fused-ring (bicyclic) bond motifs is 1. The van der Waals surface area contributed by atoms with Gasteiger partial charge in [0.15, 0.2) is 0 Å². The van der Waals surface area contributed by atoms with Gasteiger partial charge in [0.1, 0.15) is 5.00 Å². The first-order valence-corrected chi connectivity index (χ1v) is 15.3. The van der Waals surface area contributed by atoms with E-state index in [1.807, 2.05) is 0 Å². The van der Waals surface area contributed by atoms with Gasteiger partial charge in [0, 0.05) is 37.1 Å². The maximum Gasteiger partial charge on any atom is 0.410 e. The van der Waals surface area contributed by atoms with Crippen LogP contribution in [-0.2, 0) is 27.7 Å². The predicted molar refractivity (Wildman–Crippen MR) is 149 cm³/mol. The molecule has 0 radical (unpaired) electrons. The number of hydrogen-bond acceptors (Lipinski definition) is 8. The number of imide groups is 1. The number of ether oxygens (including phenoxy) is 1. The highest BCUT2D eigenvalue weighted by atomic mass is 32.2. The molecule has 1 aromatic heterocycles. The van der Waals surface area contributed by atoms with Gasteiger partial charge in [0.2, 0.25) is 10.0 Å². The van der Waals surface area contributed by atoms with E-state index in [9.17, 15) is 27.6 Å². The van der Waals surface area contributed by atoms with E-state index in [0.717, 1.165) is 24.2 Å². The Hall–Kier alpha value is -3.49. The lowest BCUT2D eigenvalue weighted by atomic mass is 10.0. The molecule has 40 heavy (non-hydrogen) atoms. The zero-order valence-corrected chi connectivity index (χ0v) is 24.2. The fourth-order valence-corrected chi connectivity index (χ4v) is 7.38. The van der Waals surface area contributed by atoms with Crippen LogP contribution >= 0.6 is 11.3 Å². The topological polar surface area (TPSA) is 154 Å². The molecule has 3 heterocycles. The van der Waals surface area contributed by atoms with Gasteiger partial charge in [-0.05, 0) is 61.9 Å². The van der Waals surface area contributed by atoms with E-state index < -0.39 is 34.0 Å². The molecule has 2 aromatic rings. The summed E-state index contributed by atoms with van der Waals surface area (Å²) in [5.74, 6) is -0.753. The summed E-state index contributed by atoms with van der Waals surface area (Å²) in [7, 11) is -2.29. The number of benzene rings is 1. The monoisotopic (exact) mass is 591 g/mol. The lowest BCUT2D eigenvalue weighted by Gasteiger charge is -2.29. The molecule has 216 valence electrons. The minimum Gasteiger partial charge on any atom is -0.450 e. The Morgan fingerprint density at radius 3 is 2.35 bits per heavy atom. The summed E-state index contributed by atoms with van der Waals surface area (Å²) in [6.07, 6.45) is 1.46. The molecule has 2 aliphatic rings. The van der Waals surface area contributed by atoms with E-state index in [4.69, 9.17) is 4.74 Å². The first kappa shape index (κ1) is 29.5. The summed E-state index contributed by atoms with van der Waals surface area (Å²) in [4.78, 5) is 52.6. The van der Waals surface area contributed by atoms with Crippen LogP contribution < -0.4 is 16.0 Å². The van der Waals surface area contributed by atoms with Gasteiger partial charge in [-0.15, -0.1) is 11.3 Å². The predicted octanol–water partition coefficient (Wildman–Crippen LogP) is 3.00. The van der Waals surface area contributed by atoms with Crippen LogP contribution in [0.2, 0.25) is 0 Å². The molecule has 0 saturated carbocycles. The van der Waals surface area contributed by atoms with Gasteiger partial charge >= 0.3 is 12.1 Å². The molecule has 5 amide bonds. The van der Waals surface area contributed by atoms with E-state index in [1.165, 1.54) is 40.5 Å². The van der Waals surface area contributed by atoms with Crippen molar-refractivity contribution in [1.82, 2.24) is 19.8 Å². The average Bonchev–Trinajstić information content (AvgIpc) is 3.30. The molecule has 1 saturated heterocycles. The lowest BCUT2D eigenvalue weighted by Crippen LogP contribution is -2.39. The summed E-state index contributed by atoms with van der Waals surface area (Å²) < 4.78 is 32.6. The maximum atomic E-state index is 13.2. The van der Waals surface area contributed by atoms with Gasteiger partial charge < -0.3 is 20.3 Å². The third kappa shape index (κ3) is 6.29. The Morgan fingerprint density at radius 1 is 1.05 bits per heavy atom. The molecule has 3 N–H and O–H groups in total. The second kappa shape index (κ2) is 12.4. The number of hydrogen-bond donors (Lipinski definition) is 3. The van der Waals surface area contributed by atoms with E-state index in [0.29, 0.717) is 42.4 Å². The van der Waals surface area contributed by atoms with Crippen molar-refractivity contribution >= 4 is 50.3 Å². The van der Waals surface area contributed by atoms with Crippen LogP contribution in [0, 0.1) is 5.92 Å². The number of rotatable bonds is 6. The second-order valence-corrected chi connectivity index (χ2v) is 12.7. The zero-order valence-electron chi connectivity index (χ0n) is 22.6. The molecule has 12 nitrogen and oxygen atoms in total. The molecule has 0 spiro atoms. The Kier molecular flexibility index (Phi) is 9.11. The van der Waals surface area contributed by atoms with Crippen molar-refractivity contribution in [1.29, 1.82) is 0 Å². The fraction of sp³-hybridized carbons (Fsp3) is 0.462. The van der Waals surface area contributed by atoms with Gasteiger partial charge in [-0.25, -0.2) is 18.0 Å². The summed E-state index contributed by atoms with van der Waals surface area (Å²) in [5, 5.41) is 7.53. The normalized spacial score (nSPS) is 16.1. The number of urea groups is 1. The molecule has 0 aliphatic carbocycles. The Labute approximate surface area is 237 Å². The zero-order chi connectivity index (χ0) is 29.0. The van der Waals surface area contributed by atoms with E-state index >= 15 is 0 Å². The van der Waals surface area contributed by atoms with Crippen molar-refractivity contribution < 1.29 is 32.3 Å². The SMILES string of the molecule is CCOC(=O)N1CCc2c(sc(NC(=O)c3ccc(S(=O)(=O)N4CCC(C)CC4)cc3)c2C(=O)NC(=O)NC)C1. The number of thiophene rings is 1. The maximum absolute atomic E-state index is 13.2. The third-order valence-electron chi connectivity index (χ3n) is 6.99. The minimum absolute atomic E-state index is 0.106. The van der Waals surface area contributed by atoms with Crippen LogP contribution in [0.15, 0.2) is 29.2 Å². The third-order valence-corrected chi connectivity index (χ3v) is 10.0. The van der Waals surface area contributed by atoms with Crippen molar-refractivity contribution in [3.05, 3.63) is 45.8 Å². The van der Waals surface area contributed by atoms with Crippen LogP contribution in [-0.4, -0.2) is 74.9 Å². The Bertz CT molecular complexity index is 1400. The van der Waals surface area contributed by atoms with Crippen LogP contribution in [0.4, 0.5) is 14.6 Å². The number of piperidine rings is 1. The van der Waals surface area contributed by atoms with Crippen molar-refractivity contribution in [3.63, 3.8) is 0 Å². The van der Waals surface area contributed by atoms with Crippen molar-refractivity contribution in [2.24, 2.45) is 5.92 Å². The average molecular weight is 592 g/mol. The smallest absolute Gasteiger partial charge is 0.410 e. The molecular formula is C26H33N5O7S2. The summed E-state index contributed by atoms with van der Waals surface area (Å²) in [6.45, 7) is 5.46. The standard InChI is InChI=1S/C26H33N5O7S2/c1-4-38-26(35)30-12-11-19-20(15-30)39-24(21(19)23(33)29-25(34)27-3)28-22(32)17-5-7-18(8-6-17)40(36,37)31-13-9-16(2)10-14-31/h5-8,16H,4,9-15H2,1-3H3,(H,28,32)(H2,27,29,33,34). The summed E-state index contributed by atoms with van der Waals surface area (Å²) in [5.41, 5.74) is 0.988. The van der Waals surface area contributed by atoms with Gasteiger partial charge in [0.05, 0.1) is 23.6 Å². The molecule has 14 heteroatoms. The van der Waals surface area contributed by atoms with Crippen LogP contribution in [0.5, 0.6) is 0 Å². The first-order chi connectivity index (χ1) is 19.0. The molecular weight excluding hydrogens is 558 g/mol. The number of nitrogens with one attached hydrogen (secondary N) is 3. The fourth-order valence-electron chi connectivity index (χ4n) is 4.66. The van der Waals surface area contributed by atoms with Crippen molar-refractivity contribution in [3.8, 4) is 0 Å². The Balaban J connectivity index is 1.56. The number of amides is 5.